The van der Waals surface area contributed by atoms with Crippen LogP contribution in [0.5, 0.6) is 0 Å². The van der Waals surface area contributed by atoms with Gasteiger partial charge in [-0.2, -0.15) is 8.42 Å². The van der Waals surface area contributed by atoms with Gasteiger partial charge in [-0.1, -0.05) is 47.6 Å². The quantitative estimate of drug-likeness (QED) is 0.234. The van der Waals surface area contributed by atoms with Crippen molar-refractivity contribution in [2.75, 3.05) is 12.8 Å². The lowest BCUT2D eigenvalue weighted by atomic mass is 9.97. The van der Waals surface area contributed by atoms with Crippen molar-refractivity contribution in [2.24, 2.45) is 5.16 Å². The molecule has 2 heterocycles. The summed E-state index contributed by atoms with van der Waals surface area (Å²) in [6.45, 7) is 0. The molecule has 4 N–H and O–H groups in total. The lowest BCUT2D eigenvalue weighted by Crippen LogP contribution is -2.71. The number of nitrogens with one attached hydrogen (secondary N) is 1. The number of amides is 2. The number of hydrogen-bond donors (Lipinski definition) is 3. The normalized spacial score (nSPS) is 19.6. The molecular formula is C17H17N5O6S2. The molecule has 0 aliphatic carbocycles. The maximum Gasteiger partial charge on any atom is 0.362 e. The van der Waals surface area contributed by atoms with Gasteiger partial charge in [-0.25, -0.2) is 9.29 Å². The van der Waals surface area contributed by atoms with Gasteiger partial charge in [0, 0.05) is 5.38 Å². The van der Waals surface area contributed by atoms with Crippen LogP contribution in [-0.4, -0.2) is 59.0 Å². The number of anilines is 1. The van der Waals surface area contributed by atoms with Crippen LogP contribution in [0.25, 0.3) is 6.08 Å². The van der Waals surface area contributed by atoms with Crippen LogP contribution >= 0.6 is 11.3 Å². The molecular weight excluding hydrogens is 434 g/mol. The summed E-state index contributed by atoms with van der Waals surface area (Å²) in [6.07, 6.45) is 2.96. The number of aromatic nitrogens is 1. The molecule has 30 heavy (non-hydrogen) atoms. The number of nitrogens with two attached hydrogens (primary N) is 1. The van der Waals surface area contributed by atoms with E-state index in [1.165, 1.54) is 18.6 Å². The van der Waals surface area contributed by atoms with Crippen molar-refractivity contribution in [1.82, 2.24) is 14.6 Å². The molecule has 1 aromatic carbocycles. The first-order valence-electron chi connectivity index (χ1n) is 8.39. The highest BCUT2D eigenvalue weighted by molar-refractivity contribution is 7.84. The van der Waals surface area contributed by atoms with Crippen molar-refractivity contribution in [3.8, 4) is 0 Å². The summed E-state index contributed by atoms with van der Waals surface area (Å²) in [6, 6.07) is 6.49. The highest BCUT2D eigenvalue weighted by atomic mass is 32.2. The van der Waals surface area contributed by atoms with Gasteiger partial charge in [0.25, 0.3) is 11.8 Å². The molecule has 1 fully saturated rings. The van der Waals surface area contributed by atoms with E-state index in [0.717, 1.165) is 16.9 Å². The van der Waals surface area contributed by atoms with Gasteiger partial charge in [-0.3, -0.25) is 14.1 Å². The van der Waals surface area contributed by atoms with Crippen LogP contribution in [0.2, 0.25) is 0 Å². The molecule has 2 amide bonds. The van der Waals surface area contributed by atoms with Gasteiger partial charge in [-0.15, -0.1) is 11.3 Å². The second kappa shape index (κ2) is 8.61. The van der Waals surface area contributed by atoms with Crippen molar-refractivity contribution < 1.29 is 27.4 Å². The van der Waals surface area contributed by atoms with Crippen LogP contribution in [0.1, 0.15) is 11.3 Å². The topological polar surface area (TPSA) is 164 Å². The largest absolute Gasteiger partial charge is 0.398 e. The highest BCUT2D eigenvalue weighted by Gasteiger charge is 2.53. The van der Waals surface area contributed by atoms with E-state index in [9.17, 15) is 22.6 Å². The van der Waals surface area contributed by atoms with E-state index in [0.29, 0.717) is 0 Å². The monoisotopic (exact) mass is 451 g/mol. The minimum absolute atomic E-state index is 0.131. The molecule has 1 saturated heterocycles. The van der Waals surface area contributed by atoms with E-state index in [2.05, 4.69) is 20.3 Å². The number of nitrogen functional groups attached to an aromatic ring is 1. The first-order chi connectivity index (χ1) is 14.2. The minimum Gasteiger partial charge on any atom is -0.398 e. The van der Waals surface area contributed by atoms with Gasteiger partial charge in [-0.05, 0) is 5.56 Å². The molecule has 158 valence electrons. The van der Waals surface area contributed by atoms with Crippen LogP contribution in [0, 0.1) is 0 Å². The van der Waals surface area contributed by atoms with E-state index < -0.39 is 34.2 Å². The number of thiazole rings is 1. The maximum absolute atomic E-state index is 12.7. The lowest BCUT2D eigenvalue weighted by molar-refractivity contribution is -0.142. The van der Waals surface area contributed by atoms with Crippen LogP contribution in [-0.2, 0) is 24.7 Å². The summed E-state index contributed by atoms with van der Waals surface area (Å²) in [5.74, 6) is -1.82. The first kappa shape index (κ1) is 21.4. The van der Waals surface area contributed by atoms with Gasteiger partial charge in [0.05, 0.1) is 6.04 Å². The molecule has 3 rings (SSSR count). The Morgan fingerprint density at radius 3 is 2.67 bits per heavy atom. The first-order valence-corrected chi connectivity index (χ1v) is 10.7. The van der Waals surface area contributed by atoms with Gasteiger partial charge in [0.2, 0.25) is 0 Å². The van der Waals surface area contributed by atoms with E-state index in [-0.39, 0.29) is 20.8 Å². The third kappa shape index (κ3) is 4.48. The fourth-order valence-corrected chi connectivity index (χ4v) is 4.15. The maximum atomic E-state index is 12.7. The average molecular weight is 451 g/mol. The predicted molar refractivity (Wildman–Crippen MR) is 110 cm³/mol. The van der Waals surface area contributed by atoms with Crippen LogP contribution in [0.15, 0.2) is 46.9 Å². The highest BCUT2D eigenvalue weighted by Crippen LogP contribution is 2.26. The van der Waals surface area contributed by atoms with Crippen LogP contribution in [0.3, 0.4) is 0 Å². The van der Waals surface area contributed by atoms with Crippen molar-refractivity contribution >= 4 is 50.4 Å². The Morgan fingerprint density at radius 1 is 1.40 bits per heavy atom. The molecule has 1 aliphatic rings. The van der Waals surface area contributed by atoms with Gasteiger partial charge in [0.15, 0.2) is 10.8 Å². The van der Waals surface area contributed by atoms with Crippen LogP contribution < -0.4 is 11.1 Å². The number of rotatable bonds is 7. The number of oxime groups is 1. The molecule has 0 unspecified atom stereocenters. The third-order valence-electron chi connectivity index (χ3n) is 4.08. The number of carbonyl (C=O) groups excluding carboxylic acids is 2. The fraction of sp³-hybridized carbons (Fsp3) is 0.176. The molecule has 1 aromatic heterocycles. The Labute approximate surface area is 175 Å². The number of nitrogens with zero attached hydrogens (tertiary/aromatic N) is 3. The Bertz CT molecular complexity index is 1110. The Kier molecular flexibility index (Phi) is 6.14. The van der Waals surface area contributed by atoms with Crippen molar-refractivity contribution in [2.45, 2.75) is 12.1 Å². The Balaban J connectivity index is 1.85. The molecule has 0 spiro atoms. The summed E-state index contributed by atoms with van der Waals surface area (Å²) in [5.41, 5.74) is 6.19. The van der Waals surface area contributed by atoms with Crippen LogP contribution in [0.4, 0.5) is 5.13 Å². The minimum atomic E-state index is -4.82. The van der Waals surface area contributed by atoms with Gasteiger partial charge < -0.3 is 15.9 Å². The van der Waals surface area contributed by atoms with Gasteiger partial charge in [0.1, 0.15) is 18.8 Å². The zero-order valence-corrected chi connectivity index (χ0v) is 17.1. The zero-order valence-electron chi connectivity index (χ0n) is 15.5. The van der Waals surface area contributed by atoms with E-state index >= 15 is 0 Å². The van der Waals surface area contributed by atoms with Crippen molar-refractivity contribution in [3.63, 3.8) is 0 Å². The number of carbonyl (C=O) groups is 2. The lowest BCUT2D eigenvalue weighted by Gasteiger charge is -2.42. The Morgan fingerprint density at radius 2 is 2.10 bits per heavy atom. The molecule has 0 saturated carbocycles. The summed E-state index contributed by atoms with van der Waals surface area (Å²) in [7, 11) is -3.59. The fourth-order valence-electron chi connectivity index (χ4n) is 2.76. The molecule has 11 nitrogen and oxygen atoms in total. The van der Waals surface area contributed by atoms with Crippen molar-refractivity contribution in [1.29, 1.82) is 0 Å². The Hall–Kier alpha value is -3.29. The summed E-state index contributed by atoms with van der Waals surface area (Å²) < 4.78 is 32.8. The SMILES string of the molecule is CON=C(C(=O)N[C@@H]1C(=O)N(S(=O)(=O)O)[C@@H]1/C=C\c1ccccc1)c1csc(N)n1. The van der Waals surface area contributed by atoms with Gasteiger partial charge >= 0.3 is 10.3 Å². The smallest absolute Gasteiger partial charge is 0.362 e. The molecule has 0 bridgehead atoms. The molecule has 13 heteroatoms. The number of benzene rings is 1. The second-order valence-corrected chi connectivity index (χ2v) is 8.20. The van der Waals surface area contributed by atoms with Crippen molar-refractivity contribution in [3.05, 3.63) is 53.0 Å². The standard InChI is InChI=1S/C17H17N5O6S2/c1-28-21-13(11-9-29-17(18)19-11)15(23)20-14-12(22(16(14)24)30(25,26)27)8-7-10-5-3-2-4-6-10/h2-9,12,14H,1H3,(H2,18,19)(H,20,23)(H,25,26,27)/b8-7-,21-13?/t12-,14+/m1/s1. The average Bonchev–Trinajstić information content (AvgIpc) is 3.12. The van der Waals surface area contributed by atoms with E-state index in [1.54, 1.807) is 36.4 Å². The molecule has 1 aliphatic heterocycles. The molecule has 2 aromatic rings. The zero-order chi connectivity index (χ0) is 21.9. The summed E-state index contributed by atoms with van der Waals surface area (Å²) in [4.78, 5) is 33.6. The molecule has 2 atom stereocenters. The summed E-state index contributed by atoms with van der Waals surface area (Å²) in [5, 5.41) is 7.69. The number of β-lactam (4-membered cyclic amide) rings is 1. The predicted octanol–water partition coefficient (Wildman–Crippen LogP) is 0.288. The van der Waals surface area contributed by atoms with E-state index in [1.807, 2.05) is 0 Å². The third-order valence-corrected chi connectivity index (χ3v) is 5.67. The summed E-state index contributed by atoms with van der Waals surface area (Å²) >= 11 is 1.08. The molecule has 0 radical (unpaired) electrons. The van der Waals surface area contributed by atoms with E-state index in [4.69, 9.17) is 5.73 Å². The second-order valence-electron chi connectivity index (χ2n) is 6.02. The number of hydrogen-bond acceptors (Lipinski definition) is 9.